The lowest BCUT2D eigenvalue weighted by Gasteiger charge is -2.28. The Morgan fingerprint density at radius 1 is 1.21 bits per heavy atom. The van der Waals surface area contributed by atoms with Crippen LogP contribution in [0, 0.1) is 0 Å². The summed E-state index contributed by atoms with van der Waals surface area (Å²) >= 11 is 0. The van der Waals surface area contributed by atoms with Crippen molar-refractivity contribution in [3.05, 3.63) is 48.8 Å². The summed E-state index contributed by atoms with van der Waals surface area (Å²) in [4.78, 5) is 3.61. The zero-order chi connectivity index (χ0) is 20.4. The molecule has 0 amide bonds. The van der Waals surface area contributed by atoms with Crippen LogP contribution < -0.4 is 5.32 Å². The summed E-state index contributed by atoms with van der Waals surface area (Å²) in [6, 6.07) is 5.15. The quantitative estimate of drug-likeness (QED) is 0.481. The van der Waals surface area contributed by atoms with Gasteiger partial charge in [-0.25, -0.2) is 0 Å². The van der Waals surface area contributed by atoms with Crippen LogP contribution in [-0.4, -0.2) is 62.7 Å². The molecule has 3 rings (SSSR count). The van der Waals surface area contributed by atoms with Crippen molar-refractivity contribution in [1.29, 1.82) is 0 Å². The highest BCUT2D eigenvalue weighted by atomic mass is 16.3. The minimum atomic E-state index is 0.0727. The molecule has 2 heterocycles. The first kappa shape index (κ1) is 21.3. The Morgan fingerprint density at radius 3 is 2.43 bits per heavy atom. The molecular weight excluding hydrogens is 354 g/mol. The molecule has 8 nitrogen and oxygen atoms in total. The molecule has 1 aromatic heterocycles. The summed E-state index contributed by atoms with van der Waals surface area (Å²) < 4.78 is 0. The van der Waals surface area contributed by atoms with Crippen molar-refractivity contribution in [1.82, 2.24) is 25.2 Å². The van der Waals surface area contributed by atoms with Gasteiger partial charge in [0.25, 0.3) is 0 Å². The summed E-state index contributed by atoms with van der Waals surface area (Å²) in [5.74, 6) is 0.918. The predicted molar refractivity (Wildman–Crippen MR) is 113 cm³/mol. The number of nitrogens with one attached hydrogen (secondary N) is 1. The Bertz CT molecular complexity index is 806. The van der Waals surface area contributed by atoms with E-state index in [0.717, 1.165) is 32.0 Å². The Labute approximate surface area is 166 Å². The van der Waals surface area contributed by atoms with Gasteiger partial charge in [-0.05, 0) is 25.1 Å². The van der Waals surface area contributed by atoms with Gasteiger partial charge in [0.05, 0.1) is 23.8 Å². The highest BCUT2D eigenvalue weighted by Gasteiger charge is 2.12. The van der Waals surface area contributed by atoms with E-state index >= 15 is 0 Å². The van der Waals surface area contributed by atoms with E-state index in [1.165, 1.54) is 11.2 Å². The summed E-state index contributed by atoms with van der Waals surface area (Å²) in [6.45, 7) is 13.7. The predicted octanol–water partition coefficient (Wildman–Crippen LogP) is 2.60. The van der Waals surface area contributed by atoms with Gasteiger partial charge in [-0.15, -0.1) is 10.2 Å². The van der Waals surface area contributed by atoms with Gasteiger partial charge in [-0.1, -0.05) is 26.8 Å². The van der Waals surface area contributed by atoms with Crippen molar-refractivity contribution in [2.75, 3.05) is 26.2 Å². The molecule has 1 saturated heterocycles. The highest BCUT2D eigenvalue weighted by molar-refractivity contribution is 6.10. The number of phenolic OH excluding ortho intramolecular Hbond substituents is 1. The zero-order valence-corrected chi connectivity index (χ0v) is 16.8. The first-order valence-electron chi connectivity index (χ1n) is 9.51. The SMILES string of the molecule is C=C/C(=N\N=C(/C)N1CCNCC1)c1ccc(-n2nccn2)cc1O.CCC. The number of amidine groups is 1. The third kappa shape index (κ3) is 5.75. The van der Waals surface area contributed by atoms with E-state index in [0.29, 0.717) is 17.0 Å². The van der Waals surface area contributed by atoms with Crippen molar-refractivity contribution in [2.24, 2.45) is 10.2 Å². The average molecular weight is 384 g/mol. The fraction of sp³-hybridized carbons (Fsp3) is 0.400. The van der Waals surface area contributed by atoms with E-state index in [4.69, 9.17) is 0 Å². The van der Waals surface area contributed by atoms with Gasteiger partial charge in [-0.3, -0.25) is 0 Å². The second kappa shape index (κ2) is 11.0. The first-order chi connectivity index (χ1) is 13.6. The molecule has 0 unspecified atom stereocenters. The van der Waals surface area contributed by atoms with E-state index in [1.807, 2.05) is 6.92 Å². The summed E-state index contributed by atoms with van der Waals surface area (Å²) in [5.41, 5.74) is 1.73. The molecule has 8 heteroatoms. The van der Waals surface area contributed by atoms with Crippen molar-refractivity contribution >= 4 is 11.5 Å². The van der Waals surface area contributed by atoms with Crippen molar-refractivity contribution in [3.8, 4) is 11.4 Å². The van der Waals surface area contributed by atoms with E-state index in [1.54, 1.807) is 36.7 Å². The monoisotopic (exact) mass is 383 g/mol. The number of aromatic nitrogens is 3. The molecule has 150 valence electrons. The van der Waals surface area contributed by atoms with Crippen molar-refractivity contribution in [2.45, 2.75) is 27.2 Å². The minimum Gasteiger partial charge on any atom is -0.507 e. The molecule has 0 spiro atoms. The number of hydrogen-bond acceptors (Lipinski definition) is 6. The Kier molecular flexibility index (Phi) is 8.36. The van der Waals surface area contributed by atoms with Gasteiger partial charge in [-0.2, -0.15) is 15.0 Å². The van der Waals surface area contributed by atoms with Crippen LogP contribution in [0.4, 0.5) is 0 Å². The fourth-order valence-electron chi connectivity index (χ4n) is 2.59. The molecule has 28 heavy (non-hydrogen) atoms. The number of phenols is 1. The lowest BCUT2D eigenvalue weighted by atomic mass is 10.1. The van der Waals surface area contributed by atoms with E-state index in [2.05, 4.69) is 51.0 Å². The van der Waals surface area contributed by atoms with Gasteiger partial charge in [0, 0.05) is 37.8 Å². The average Bonchev–Trinajstić information content (AvgIpc) is 3.25. The molecule has 0 atom stereocenters. The standard InChI is InChI=1S/C17H21N7O.C3H8/c1-3-16(22-21-13(2)23-10-8-18-9-11-23)15-5-4-14(12-17(15)25)24-19-6-7-20-24;1-3-2/h3-7,12,18,25H,1,8-11H2,2H3;3H2,1-2H3/b21-13+,22-16+;. The molecule has 0 radical (unpaired) electrons. The van der Waals surface area contributed by atoms with Gasteiger partial charge < -0.3 is 15.3 Å². The number of piperazine rings is 1. The topological polar surface area (TPSA) is 90.9 Å². The number of aromatic hydroxyl groups is 1. The second-order valence-electron chi connectivity index (χ2n) is 6.30. The number of rotatable bonds is 4. The number of allylic oxidation sites excluding steroid dienone is 1. The molecule has 1 aliphatic rings. The van der Waals surface area contributed by atoms with Gasteiger partial charge >= 0.3 is 0 Å². The third-order valence-electron chi connectivity index (χ3n) is 3.98. The van der Waals surface area contributed by atoms with E-state index < -0.39 is 0 Å². The summed E-state index contributed by atoms with van der Waals surface area (Å²) in [6.07, 6.45) is 5.99. The van der Waals surface area contributed by atoms with Crippen LogP contribution >= 0.6 is 0 Å². The van der Waals surface area contributed by atoms with Crippen LogP contribution in [0.5, 0.6) is 5.75 Å². The molecule has 1 aliphatic heterocycles. The maximum absolute atomic E-state index is 10.3. The molecule has 0 saturated carbocycles. The summed E-state index contributed by atoms with van der Waals surface area (Å²) in [7, 11) is 0. The molecule has 2 N–H and O–H groups in total. The van der Waals surface area contributed by atoms with Gasteiger partial charge in [0.1, 0.15) is 11.6 Å². The van der Waals surface area contributed by atoms with Gasteiger partial charge in [0.15, 0.2) is 0 Å². The van der Waals surface area contributed by atoms with Crippen LogP contribution in [0.1, 0.15) is 32.8 Å². The lowest BCUT2D eigenvalue weighted by Crippen LogP contribution is -2.45. The molecule has 0 bridgehead atoms. The Balaban J connectivity index is 0.000000878. The molecular formula is C20H29N7O. The molecule has 0 aliphatic carbocycles. The maximum atomic E-state index is 10.3. The molecule has 1 fully saturated rings. The lowest BCUT2D eigenvalue weighted by molar-refractivity contribution is 0.355. The Hall–Kier alpha value is -3.00. The van der Waals surface area contributed by atoms with Crippen LogP contribution in [0.15, 0.2) is 53.5 Å². The minimum absolute atomic E-state index is 0.0727. The van der Waals surface area contributed by atoms with Crippen LogP contribution in [0.2, 0.25) is 0 Å². The Morgan fingerprint density at radius 2 is 1.86 bits per heavy atom. The maximum Gasteiger partial charge on any atom is 0.127 e. The normalized spacial score (nSPS) is 15.0. The van der Waals surface area contributed by atoms with Crippen molar-refractivity contribution in [3.63, 3.8) is 0 Å². The number of benzene rings is 1. The van der Waals surface area contributed by atoms with Crippen LogP contribution in [0.25, 0.3) is 5.69 Å². The van der Waals surface area contributed by atoms with Crippen LogP contribution in [0.3, 0.4) is 0 Å². The van der Waals surface area contributed by atoms with Gasteiger partial charge in [0.2, 0.25) is 0 Å². The highest BCUT2D eigenvalue weighted by Crippen LogP contribution is 2.22. The molecule has 1 aromatic carbocycles. The number of nitrogens with zero attached hydrogens (tertiary/aromatic N) is 6. The van der Waals surface area contributed by atoms with Crippen molar-refractivity contribution < 1.29 is 5.11 Å². The smallest absolute Gasteiger partial charge is 0.127 e. The third-order valence-corrected chi connectivity index (χ3v) is 3.98. The largest absolute Gasteiger partial charge is 0.507 e. The second-order valence-corrected chi connectivity index (χ2v) is 6.30. The first-order valence-corrected chi connectivity index (χ1v) is 9.51. The van der Waals surface area contributed by atoms with Crippen LogP contribution in [-0.2, 0) is 0 Å². The molecule has 2 aromatic rings. The number of hydrogen-bond donors (Lipinski definition) is 2. The summed E-state index contributed by atoms with van der Waals surface area (Å²) in [5, 5.41) is 30.3. The van der Waals surface area contributed by atoms with E-state index in [9.17, 15) is 5.11 Å². The fourth-order valence-corrected chi connectivity index (χ4v) is 2.59. The zero-order valence-electron chi connectivity index (χ0n) is 16.8. The van der Waals surface area contributed by atoms with E-state index in [-0.39, 0.29) is 5.75 Å².